The summed E-state index contributed by atoms with van der Waals surface area (Å²) >= 11 is 0. The van der Waals surface area contributed by atoms with Crippen LogP contribution in [-0.2, 0) is 0 Å². The van der Waals surface area contributed by atoms with Gasteiger partial charge in [0.2, 0.25) is 0 Å². The van der Waals surface area contributed by atoms with Crippen molar-refractivity contribution in [1.82, 2.24) is 0 Å². The Morgan fingerprint density at radius 3 is 1.83 bits per heavy atom. The fourth-order valence-electron chi connectivity index (χ4n) is 2.09. The van der Waals surface area contributed by atoms with Crippen molar-refractivity contribution in [3.63, 3.8) is 0 Å². The molecular weight excluding hydrogens is 276 g/mol. The van der Waals surface area contributed by atoms with Crippen LogP contribution in [0, 0.1) is 12.8 Å². The van der Waals surface area contributed by atoms with Gasteiger partial charge in [-0.3, -0.25) is 0 Å². The van der Waals surface area contributed by atoms with E-state index in [4.69, 9.17) is 0 Å². The summed E-state index contributed by atoms with van der Waals surface area (Å²) in [6, 6.07) is 6.38. The van der Waals surface area contributed by atoms with Crippen LogP contribution in [0.1, 0.15) is 64.2 Å². The third-order valence-electron chi connectivity index (χ3n) is 3.94. The summed E-state index contributed by atoms with van der Waals surface area (Å²) in [5.74, 6) is 0.650. The van der Waals surface area contributed by atoms with Crippen molar-refractivity contribution in [2.75, 3.05) is 0 Å². The minimum atomic E-state index is 0.650. The van der Waals surface area contributed by atoms with E-state index in [1.807, 2.05) is 13.8 Å². The molecule has 0 spiro atoms. The molecule has 126 valence electrons. The minimum absolute atomic E-state index is 0.650. The van der Waals surface area contributed by atoms with Crippen molar-refractivity contribution in [2.45, 2.75) is 54.4 Å². The van der Waals surface area contributed by atoms with Crippen LogP contribution in [0.5, 0.6) is 0 Å². The zero-order valence-electron chi connectivity index (χ0n) is 16.1. The van der Waals surface area contributed by atoms with Crippen molar-refractivity contribution in [1.29, 1.82) is 0 Å². The molecule has 1 atom stereocenters. The third-order valence-corrected chi connectivity index (χ3v) is 3.94. The van der Waals surface area contributed by atoms with Gasteiger partial charge in [-0.2, -0.15) is 0 Å². The van der Waals surface area contributed by atoms with Gasteiger partial charge in [-0.25, -0.2) is 0 Å². The molecule has 0 aromatic heterocycles. The molecule has 1 aromatic rings. The summed E-state index contributed by atoms with van der Waals surface area (Å²) in [5, 5.41) is 0. The zero-order chi connectivity index (χ0) is 18.2. The lowest BCUT2D eigenvalue weighted by Crippen LogP contribution is -1.94. The van der Waals surface area contributed by atoms with E-state index in [1.54, 1.807) is 0 Å². The molecule has 0 amide bonds. The maximum atomic E-state index is 3.97. The standard InChI is InChI=1S/C13H16.C10H18/c1-9(2)12-7-6-11(5)8-13(12)10(3)4;1-8(2)6-7-10(5)9(3)4/h6-8H,1,3H2,2,4-5H3;10H,1,3,6-7H2,2,4-5H3. The normalized spacial score (nSPS) is 11.0. The summed E-state index contributed by atoms with van der Waals surface area (Å²) in [6.45, 7) is 28.2. The van der Waals surface area contributed by atoms with Gasteiger partial charge in [0, 0.05) is 0 Å². The maximum absolute atomic E-state index is 3.97. The molecule has 23 heavy (non-hydrogen) atoms. The van der Waals surface area contributed by atoms with Crippen molar-refractivity contribution < 1.29 is 0 Å². The second-order valence-corrected chi connectivity index (χ2v) is 6.85. The topological polar surface area (TPSA) is 0 Å². The number of rotatable bonds is 6. The Morgan fingerprint density at radius 1 is 0.913 bits per heavy atom. The minimum Gasteiger partial charge on any atom is -0.100 e. The monoisotopic (exact) mass is 310 g/mol. The molecule has 0 heterocycles. The summed E-state index contributed by atoms with van der Waals surface area (Å²) in [7, 11) is 0. The molecule has 1 rings (SSSR count). The maximum Gasteiger partial charge on any atom is -0.0156 e. The van der Waals surface area contributed by atoms with Gasteiger partial charge in [-0.1, -0.05) is 72.7 Å². The van der Waals surface area contributed by atoms with Gasteiger partial charge in [0.15, 0.2) is 0 Å². The molecule has 0 aliphatic carbocycles. The fraction of sp³-hybridized carbons (Fsp3) is 0.391. The van der Waals surface area contributed by atoms with Crippen molar-refractivity contribution in [3.8, 4) is 0 Å². The van der Waals surface area contributed by atoms with Crippen LogP contribution in [0.4, 0.5) is 0 Å². The highest BCUT2D eigenvalue weighted by Gasteiger charge is 2.03. The molecule has 0 saturated heterocycles. The summed E-state index contributed by atoms with van der Waals surface area (Å²) in [6.07, 6.45) is 2.33. The first-order valence-electron chi connectivity index (χ1n) is 8.28. The van der Waals surface area contributed by atoms with Gasteiger partial charge in [-0.15, -0.1) is 6.58 Å². The third kappa shape index (κ3) is 8.40. The highest BCUT2D eigenvalue weighted by Crippen LogP contribution is 2.24. The van der Waals surface area contributed by atoms with Gasteiger partial charge >= 0.3 is 0 Å². The van der Waals surface area contributed by atoms with Crippen molar-refractivity contribution in [3.05, 3.63) is 72.4 Å². The van der Waals surface area contributed by atoms with Crippen LogP contribution in [0.3, 0.4) is 0 Å². The van der Waals surface area contributed by atoms with Crippen LogP contribution < -0.4 is 0 Å². The molecule has 0 heteroatoms. The molecule has 0 bridgehead atoms. The molecule has 0 nitrogen and oxygen atoms in total. The van der Waals surface area contributed by atoms with E-state index in [9.17, 15) is 0 Å². The summed E-state index contributed by atoms with van der Waals surface area (Å²) < 4.78 is 0. The number of benzene rings is 1. The smallest absolute Gasteiger partial charge is 0.0156 e. The van der Waals surface area contributed by atoms with E-state index in [0.29, 0.717) is 5.92 Å². The molecule has 0 saturated carbocycles. The Balaban J connectivity index is 0.000000438. The second kappa shape index (κ2) is 10.0. The summed E-state index contributed by atoms with van der Waals surface area (Å²) in [5.41, 5.74) is 8.43. The van der Waals surface area contributed by atoms with Crippen molar-refractivity contribution >= 4 is 11.1 Å². The van der Waals surface area contributed by atoms with E-state index < -0.39 is 0 Å². The second-order valence-electron chi connectivity index (χ2n) is 6.85. The lowest BCUT2D eigenvalue weighted by atomic mass is 9.96. The first-order valence-corrected chi connectivity index (χ1v) is 8.28. The molecule has 0 aliphatic rings. The largest absolute Gasteiger partial charge is 0.100 e. The van der Waals surface area contributed by atoms with Gasteiger partial charge in [0.25, 0.3) is 0 Å². The van der Waals surface area contributed by atoms with Crippen LogP contribution in [0.2, 0.25) is 0 Å². The average Bonchev–Trinajstić information content (AvgIpc) is 2.44. The van der Waals surface area contributed by atoms with Crippen LogP contribution in [0.25, 0.3) is 11.1 Å². The molecule has 1 aromatic carbocycles. The van der Waals surface area contributed by atoms with E-state index in [1.165, 1.54) is 34.3 Å². The van der Waals surface area contributed by atoms with E-state index in [-0.39, 0.29) is 0 Å². The van der Waals surface area contributed by atoms with Crippen LogP contribution in [0.15, 0.2) is 55.7 Å². The molecule has 0 radical (unpaired) electrons. The quantitative estimate of drug-likeness (QED) is 0.474. The van der Waals surface area contributed by atoms with Gasteiger partial charge in [-0.05, 0) is 64.5 Å². The Hall–Kier alpha value is -1.82. The lowest BCUT2D eigenvalue weighted by Gasteiger charge is -2.09. The average molecular weight is 311 g/mol. The highest BCUT2D eigenvalue weighted by molar-refractivity contribution is 5.76. The fourth-order valence-corrected chi connectivity index (χ4v) is 2.09. The first-order chi connectivity index (χ1) is 10.6. The van der Waals surface area contributed by atoms with Crippen LogP contribution >= 0.6 is 0 Å². The SMILES string of the molecule is C=C(C)CCC(C)C(=C)C.C=C(C)c1ccc(C)cc1C(=C)C. The number of allylic oxidation sites excluding steroid dienone is 4. The van der Waals surface area contributed by atoms with Gasteiger partial charge in [0.05, 0.1) is 0 Å². The summed E-state index contributed by atoms with van der Waals surface area (Å²) in [4.78, 5) is 0. The predicted molar refractivity (Wildman–Crippen MR) is 109 cm³/mol. The zero-order valence-corrected chi connectivity index (χ0v) is 16.1. The Bertz CT molecular complexity index is 584. The first kappa shape index (κ1) is 21.2. The number of aryl methyl sites for hydroxylation is 1. The number of hydrogen-bond donors (Lipinski definition) is 0. The Kier molecular flexibility index (Phi) is 9.25. The van der Waals surface area contributed by atoms with Crippen LogP contribution in [-0.4, -0.2) is 0 Å². The Morgan fingerprint density at radius 2 is 1.43 bits per heavy atom. The van der Waals surface area contributed by atoms with E-state index >= 15 is 0 Å². The Labute approximate surface area is 144 Å². The van der Waals surface area contributed by atoms with Crippen molar-refractivity contribution in [2.24, 2.45) is 5.92 Å². The molecule has 1 unspecified atom stereocenters. The molecule has 0 N–H and O–H groups in total. The van der Waals surface area contributed by atoms with E-state index in [2.05, 4.69) is 72.2 Å². The molecular formula is C23H34. The van der Waals surface area contributed by atoms with Gasteiger partial charge in [0.1, 0.15) is 0 Å². The molecule has 0 aliphatic heterocycles. The molecule has 0 fully saturated rings. The highest BCUT2D eigenvalue weighted by atomic mass is 14.1. The van der Waals surface area contributed by atoms with E-state index in [0.717, 1.165) is 17.6 Å². The van der Waals surface area contributed by atoms with Gasteiger partial charge < -0.3 is 0 Å². The predicted octanol–water partition coefficient (Wildman–Crippen LogP) is 7.62. The number of hydrogen-bond acceptors (Lipinski definition) is 0. The lowest BCUT2D eigenvalue weighted by molar-refractivity contribution is 0.613.